The highest BCUT2D eigenvalue weighted by Gasteiger charge is 2.04. The van der Waals surface area contributed by atoms with Crippen LogP contribution in [0, 0.1) is 0 Å². The van der Waals surface area contributed by atoms with Crippen molar-refractivity contribution in [2.24, 2.45) is 0 Å². The van der Waals surface area contributed by atoms with Crippen molar-refractivity contribution in [3.05, 3.63) is 42.0 Å². The second kappa shape index (κ2) is 4.23. The summed E-state index contributed by atoms with van der Waals surface area (Å²) in [7, 11) is 0. The first kappa shape index (κ1) is 10.5. The Morgan fingerprint density at radius 2 is 1.81 bits per heavy atom. The summed E-state index contributed by atoms with van der Waals surface area (Å²) < 4.78 is 0. The molecule has 0 heterocycles. The Hall–Kier alpha value is -2.03. The zero-order valence-corrected chi connectivity index (χ0v) is 8.81. The summed E-state index contributed by atoms with van der Waals surface area (Å²) in [5.41, 5.74) is 7.45. The quantitative estimate of drug-likeness (QED) is 0.773. The third-order valence-corrected chi connectivity index (χ3v) is 2.62. The molecule has 0 aliphatic rings. The third-order valence-electron chi connectivity index (χ3n) is 2.62. The number of hydrogen-bond acceptors (Lipinski definition) is 2. The molecule has 3 nitrogen and oxygen atoms in total. The Morgan fingerprint density at radius 3 is 2.44 bits per heavy atom. The van der Waals surface area contributed by atoms with Gasteiger partial charge in [0, 0.05) is 12.1 Å². The summed E-state index contributed by atoms with van der Waals surface area (Å²) in [6.45, 7) is 0. The highest BCUT2D eigenvalue weighted by molar-refractivity contribution is 5.87. The Labute approximate surface area is 93.5 Å². The number of nitrogens with two attached hydrogens (primary N) is 1. The number of fused-ring (bicyclic) bond motifs is 1. The van der Waals surface area contributed by atoms with Crippen molar-refractivity contribution < 1.29 is 9.90 Å². The first-order valence-corrected chi connectivity index (χ1v) is 5.16. The van der Waals surface area contributed by atoms with Crippen LogP contribution >= 0.6 is 0 Å². The molecule has 3 heteroatoms. The van der Waals surface area contributed by atoms with Gasteiger partial charge in [-0.2, -0.15) is 0 Å². The van der Waals surface area contributed by atoms with E-state index in [4.69, 9.17) is 10.8 Å². The number of aliphatic carboxylic acids is 1. The monoisotopic (exact) mass is 215 g/mol. The number of rotatable bonds is 3. The lowest BCUT2D eigenvalue weighted by molar-refractivity contribution is -0.136. The molecule has 16 heavy (non-hydrogen) atoms. The molecule has 2 aromatic carbocycles. The van der Waals surface area contributed by atoms with E-state index in [1.807, 2.05) is 36.4 Å². The van der Waals surface area contributed by atoms with Gasteiger partial charge in [0.25, 0.3) is 0 Å². The van der Waals surface area contributed by atoms with Crippen LogP contribution in [0.5, 0.6) is 0 Å². The Morgan fingerprint density at radius 1 is 1.19 bits per heavy atom. The van der Waals surface area contributed by atoms with Crippen molar-refractivity contribution in [1.29, 1.82) is 0 Å². The summed E-state index contributed by atoms with van der Waals surface area (Å²) >= 11 is 0. The van der Waals surface area contributed by atoms with Gasteiger partial charge in [0.1, 0.15) is 0 Å². The van der Waals surface area contributed by atoms with Crippen LogP contribution in [0.25, 0.3) is 10.8 Å². The predicted octanol–water partition coefficient (Wildman–Crippen LogP) is 2.44. The van der Waals surface area contributed by atoms with Gasteiger partial charge in [-0.05, 0) is 34.9 Å². The van der Waals surface area contributed by atoms with Gasteiger partial charge in [-0.3, -0.25) is 4.79 Å². The number of carbonyl (C=O) groups is 1. The molecular formula is C13H13NO2. The van der Waals surface area contributed by atoms with Crippen molar-refractivity contribution in [1.82, 2.24) is 0 Å². The topological polar surface area (TPSA) is 63.3 Å². The van der Waals surface area contributed by atoms with E-state index in [0.717, 1.165) is 16.3 Å². The van der Waals surface area contributed by atoms with Crippen molar-refractivity contribution in [3.63, 3.8) is 0 Å². The molecule has 2 aromatic rings. The molecule has 0 fully saturated rings. The average Bonchev–Trinajstić information content (AvgIpc) is 2.26. The van der Waals surface area contributed by atoms with Crippen molar-refractivity contribution in [3.8, 4) is 0 Å². The van der Waals surface area contributed by atoms with Gasteiger partial charge in [-0.15, -0.1) is 0 Å². The fourth-order valence-electron chi connectivity index (χ4n) is 1.76. The Bertz CT molecular complexity index is 534. The minimum Gasteiger partial charge on any atom is -0.481 e. The molecule has 0 aromatic heterocycles. The summed E-state index contributed by atoms with van der Waals surface area (Å²) in [6, 6.07) is 11.8. The van der Waals surface area contributed by atoms with Gasteiger partial charge in [0.2, 0.25) is 0 Å². The van der Waals surface area contributed by atoms with Crippen LogP contribution < -0.4 is 5.73 Å². The Balaban J connectivity index is 2.38. The lowest BCUT2D eigenvalue weighted by Crippen LogP contribution is -2.00. The zero-order chi connectivity index (χ0) is 11.5. The number of anilines is 1. The molecule has 0 saturated carbocycles. The highest BCUT2D eigenvalue weighted by atomic mass is 16.4. The fraction of sp³-hybridized carbons (Fsp3) is 0.154. The number of aryl methyl sites for hydroxylation is 1. The molecule has 3 N–H and O–H groups in total. The number of hydrogen-bond donors (Lipinski definition) is 2. The molecule has 0 amide bonds. The lowest BCUT2D eigenvalue weighted by atomic mass is 10.0. The van der Waals surface area contributed by atoms with E-state index in [0.29, 0.717) is 12.1 Å². The molecule has 0 aliphatic heterocycles. The van der Waals surface area contributed by atoms with Crippen LogP contribution in [0.1, 0.15) is 12.0 Å². The highest BCUT2D eigenvalue weighted by Crippen LogP contribution is 2.22. The molecule has 82 valence electrons. The molecule has 2 rings (SSSR count). The maximum Gasteiger partial charge on any atom is 0.303 e. The van der Waals surface area contributed by atoms with E-state index in [1.54, 1.807) is 0 Å². The van der Waals surface area contributed by atoms with Crippen LogP contribution in [-0.4, -0.2) is 11.1 Å². The fourth-order valence-corrected chi connectivity index (χ4v) is 1.76. The number of carboxylic acids is 1. The minimum atomic E-state index is -0.799. The predicted molar refractivity (Wildman–Crippen MR) is 64.3 cm³/mol. The van der Waals surface area contributed by atoms with Crippen molar-refractivity contribution >= 4 is 22.4 Å². The van der Waals surface area contributed by atoms with Crippen LogP contribution in [0.4, 0.5) is 5.69 Å². The summed E-state index contributed by atoms with van der Waals surface area (Å²) in [5.74, 6) is -0.799. The first-order valence-electron chi connectivity index (χ1n) is 5.16. The maximum absolute atomic E-state index is 10.5. The number of benzene rings is 2. The van der Waals surface area contributed by atoms with Crippen LogP contribution in [0.2, 0.25) is 0 Å². The van der Waals surface area contributed by atoms with Crippen molar-refractivity contribution in [2.75, 3.05) is 5.73 Å². The largest absolute Gasteiger partial charge is 0.481 e. The van der Waals surface area contributed by atoms with Gasteiger partial charge >= 0.3 is 5.97 Å². The first-order chi connectivity index (χ1) is 7.66. The van der Waals surface area contributed by atoms with Gasteiger partial charge in [-0.1, -0.05) is 24.3 Å². The van der Waals surface area contributed by atoms with E-state index < -0.39 is 5.97 Å². The van der Waals surface area contributed by atoms with Gasteiger partial charge in [0.15, 0.2) is 0 Å². The van der Waals surface area contributed by atoms with Gasteiger partial charge in [0.05, 0.1) is 0 Å². The molecule has 0 unspecified atom stereocenters. The maximum atomic E-state index is 10.5. The second-order valence-corrected chi connectivity index (χ2v) is 3.79. The van der Waals surface area contributed by atoms with Crippen LogP contribution in [-0.2, 0) is 11.2 Å². The van der Waals surface area contributed by atoms with E-state index in [-0.39, 0.29) is 6.42 Å². The van der Waals surface area contributed by atoms with E-state index in [9.17, 15) is 4.79 Å². The molecule has 0 aliphatic carbocycles. The van der Waals surface area contributed by atoms with Gasteiger partial charge in [-0.25, -0.2) is 0 Å². The molecular weight excluding hydrogens is 202 g/mol. The zero-order valence-electron chi connectivity index (χ0n) is 8.81. The van der Waals surface area contributed by atoms with Gasteiger partial charge < -0.3 is 10.8 Å². The lowest BCUT2D eigenvalue weighted by Gasteiger charge is -2.06. The Kier molecular flexibility index (Phi) is 2.77. The third kappa shape index (κ3) is 2.14. The van der Waals surface area contributed by atoms with E-state index >= 15 is 0 Å². The summed E-state index contributed by atoms with van der Waals surface area (Å²) in [6.07, 6.45) is 0.592. The molecule has 0 saturated heterocycles. The molecule has 0 atom stereocenters. The summed E-state index contributed by atoms with van der Waals surface area (Å²) in [4.78, 5) is 10.5. The molecule has 0 radical (unpaired) electrons. The van der Waals surface area contributed by atoms with E-state index in [1.165, 1.54) is 0 Å². The van der Waals surface area contributed by atoms with Crippen LogP contribution in [0.3, 0.4) is 0 Å². The SMILES string of the molecule is Nc1cc2ccccc2cc1CCC(=O)O. The van der Waals surface area contributed by atoms with Crippen molar-refractivity contribution in [2.45, 2.75) is 12.8 Å². The summed E-state index contributed by atoms with van der Waals surface area (Å²) in [5, 5.41) is 10.8. The average molecular weight is 215 g/mol. The smallest absolute Gasteiger partial charge is 0.303 e. The van der Waals surface area contributed by atoms with E-state index in [2.05, 4.69) is 0 Å². The van der Waals surface area contributed by atoms with Crippen LogP contribution in [0.15, 0.2) is 36.4 Å². The standard InChI is InChI=1S/C13H13NO2/c14-12-8-10-4-2-1-3-9(10)7-11(12)5-6-13(15)16/h1-4,7-8H,5-6,14H2,(H,15,16). The minimum absolute atomic E-state index is 0.114. The number of carboxylic acid groups (broad SMARTS) is 1. The molecule has 0 bridgehead atoms. The normalized spacial score (nSPS) is 10.5. The second-order valence-electron chi connectivity index (χ2n) is 3.79. The number of nitrogen functional groups attached to an aromatic ring is 1. The molecule has 0 spiro atoms.